The summed E-state index contributed by atoms with van der Waals surface area (Å²) in [7, 11) is 0. The van der Waals surface area contributed by atoms with Gasteiger partial charge < -0.3 is 24.5 Å². The minimum Gasteiger partial charge on any atom is -0.444 e. The van der Waals surface area contributed by atoms with Gasteiger partial charge in [0, 0.05) is 24.2 Å². The highest BCUT2D eigenvalue weighted by atomic mass is 16.6. The molecule has 0 radical (unpaired) electrons. The molecule has 3 aromatic rings. The Morgan fingerprint density at radius 3 is 2.81 bits per heavy atom. The number of benzene rings is 2. The Kier molecular flexibility index (Phi) is 6.81. The van der Waals surface area contributed by atoms with Crippen LogP contribution in [0.2, 0.25) is 0 Å². The first-order chi connectivity index (χ1) is 15.6. The van der Waals surface area contributed by atoms with Gasteiger partial charge in [0.1, 0.15) is 6.10 Å². The molecule has 0 spiro atoms. The molecule has 0 bridgehead atoms. The van der Waals surface area contributed by atoms with Gasteiger partial charge >= 0.3 is 6.09 Å². The summed E-state index contributed by atoms with van der Waals surface area (Å²) in [5, 5.41) is 5.67. The zero-order valence-electron chi connectivity index (χ0n) is 17.8. The maximum absolute atomic E-state index is 12.5. The van der Waals surface area contributed by atoms with Gasteiger partial charge in [-0.25, -0.2) is 9.78 Å². The zero-order valence-corrected chi connectivity index (χ0v) is 17.8. The Morgan fingerprint density at radius 2 is 2.06 bits per heavy atom. The van der Waals surface area contributed by atoms with Gasteiger partial charge in [0.2, 0.25) is 5.91 Å². The summed E-state index contributed by atoms with van der Waals surface area (Å²) in [6.07, 6.45) is 3.35. The lowest BCUT2D eigenvalue weighted by molar-refractivity contribution is -0.115. The molecule has 1 aliphatic heterocycles. The number of ether oxygens (including phenoxy) is 2. The predicted molar refractivity (Wildman–Crippen MR) is 118 cm³/mol. The molecule has 0 saturated carbocycles. The lowest BCUT2D eigenvalue weighted by Gasteiger charge is -2.12. The number of hydrogen-bond donors (Lipinski definition) is 2. The standard InChI is InChI=1S/C24H25N3O5/c1-16-9-19(5-6-21(16)22-13-25-15-31-22)27-23(28)11-17-3-2-4-18(10-17)12-26-24(29)32-20-7-8-30-14-20/h2-6,9-10,13,15,20H,7-8,11-12,14H2,1H3,(H,26,29)(H,27,28)/t20-/m0/s1. The van der Waals surface area contributed by atoms with Gasteiger partial charge in [-0.3, -0.25) is 4.79 Å². The van der Waals surface area contributed by atoms with Crippen molar-refractivity contribution >= 4 is 17.7 Å². The van der Waals surface area contributed by atoms with Gasteiger partial charge in [-0.2, -0.15) is 0 Å². The van der Waals surface area contributed by atoms with Gasteiger partial charge in [0.15, 0.2) is 12.2 Å². The second-order valence-electron chi connectivity index (χ2n) is 7.68. The monoisotopic (exact) mass is 435 g/mol. The highest BCUT2D eigenvalue weighted by molar-refractivity contribution is 5.92. The number of carbonyl (C=O) groups excluding carboxylic acids is 2. The molecule has 1 aromatic heterocycles. The van der Waals surface area contributed by atoms with Crippen molar-refractivity contribution in [1.82, 2.24) is 10.3 Å². The van der Waals surface area contributed by atoms with Crippen LogP contribution in [0.3, 0.4) is 0 Å². The third-order valence-electron chi connectivity index (χ3n) is 5.16. The second-order valence-corrected chi connectivity index (χ2v) is 7.68. The van der Waals surface area contributed by atoms with Crippen molar-refractivity contribution in [3.05, 3.63) is 71.7 Å². The van der Waals surface area contributed by atoms with E-state index in [1.807, 2.05) is 49.4 Å². The van der Waals surface area contributed by atoms with E-state index in [-0.39, 0.29) is 18.4 Å². The van der Waals surface area contributed by atoms with Crippen LogP contribution in [0.15, 0.2) is 59.5 Å². The van der Waals surface area contributed by atoms with Crippen LogP contribution in [0, 0.1) is 6.92 Å². The maximum atomic E-state index is 12.5. The molecule has 1 saturated heterocycles. The predicted octanol–water partition coefficient (Wildman–Crippen LogP) is 3.85. The van der Waals surface area contributed by atoms with E-state index in [0.29, 0.717) is 31.2 Å². The third kappa shape index (κ3) is 5.73. The molecular formula is C24H25N3O5. The zero-order chi connectivity index (χ0) is 22.3. The molecule has 4 rings (SSSR count). The maximum Gasteiger partial charge on any atom is 0.407 e. The number of carbonyl (C=O) groups is 2. The number of aryl methyl sites for hydroxylation is 1. The van der Waals surface area contributed by atoms with Gasteiger partial charge in [0.25, 0.3) is 0 Å². The first kappa shape index (κ1) is 21.6. The number of hydrogen-bond acceptors (Lipinski definition) is 6. The van der Waals surface area contributed by atoms with Crippen LogP contribution in [0.1, 0.15) is 23.1 Å². The van der Waals surface area contributed by atoms with E-state index in [9.17, 15) is 9.59 Å². The molecule has 8 heteroatoms. The number of amides is 2. The van der Waals surface area contributed by atoms with Gasteiger partial charge in [-0.15, -0.1) is 0 Å². The number of nitrogens with zero attached hydrogens (tertiary/aromatic N) is 1. The second kappa shape index (κ2) is 10.1. The van der Waals surface area contributed by atoms with Crippen LogP contribution in [0.25, 0.3) is 11.3 Å². The molecule has 1 atom stereocenters. The topological polar surface area (TPSA) is 103 Å². The summed E-state index contributed by atoms with van der Waals surface area (Å²) >= 11 is 0. The Balaban J connectivity index is 1.29. The number of rotatable bonds is 7. The number of oxazole rings is 1. The number of aromatic nitrogens is 1. The van der Waals surface area contributed by atoms with Gasteiger partial charge in [0.05, 0.1) is 25.8 Å². The average molecular weight is 435 g/mol. The Hall–Kier alpha value is -3.65. The van der Waals surface area contributed by atoms with Gasteiger partial charge in [-0.05, 0) is 41.8 Å². The molecule has 0 unspecified atom stereocenters. The molecular weight excluding hydrogens is 410 g/mol. The normalized spacial score (nSPS) is 15.3. The highest BCUT2D eigenvalue weighted by Gasteiger charge is 2.19. The first-order valence-electron chi connectivity index (χ1n) is 10.5. The fourth-order valence-electron chi connectivity index (χ4n) is 3.58. The summed E-state index contributed by atoms with van der Waals surface area (Å²) in [5.74, 6) is 0.564. The quantitative estimate of drug-likeness (QED) is 0.584. The van der Waals surface area contributed by atoms with Crippen molar-refractivity contribution in [1.29, 1.82) is 0 Å². The van der Waals surface area contributed by atoms with Crippen molar-refractivity contribution in [3.8, 4) is 11.3 Å². The summed E-state index contributed by atoms with van der Waals surface area (Å²) in [6.45, 7) is 3.34. The molecule has 2 N–H and O–H groups in total. The van der Waals surface area contributed by atoms with E-state index in [4.69, 9.17) is 13.9 Å². The average Bonchev–Trinajstić information content (AvgIpc) is 3.47. The molecule has 1 aliphatic rings. The van der Waals surface area contributed by atoms with E-state index >= 15 is 0 Å². The minimum atomic E-state index is -0.465. The van der Waals surface area contributed by atoms with Crippen molar-refractivity contribution in [2.75, 3.05) is 18.5 Å². The van der Waals surface area contributed by atoms with E-state index in [1.54, 1.807) is 6.20 Å². The van der Waals surface area contributed by atoms with Crippen LogP contribution in [-0.2, 0) is 27.2 Å². The van der Waals surface area contributed by atoms with Crippen molar-refractivity contribution in [2.45, 2.75) is 32.4 Å². The lowest BCUT2D eigenvalue weighted by atomic mass is 10.1. The van der Waals surface area contributed by atoms with Crippen molar-refractivity contribution in [2.24, 2.45) is 0 Å². The fraction of sp³-hybridized carbons (Fsp3) is 0.292. The molecule has 166 valence electrons. The number of anilines is 1. The minimum absolute atomic E-state index is 0.123. The summed E-state index contributed by atoms with van der Waals surface area (Å²) in [4.78, 5) is 28.4. The molecule has 1 fully saturated rings. The van der Waals surface area contributed by atoms with Crippen LogP contribution in [-0.4, -0.2) is 36.3 Å². The summed E-state index contributed by atoms with van der Waals surface area (Å²) in [5.41, 5.74) is 4.37. The Morgan fingerprint density at radius 1 is 1.19 bits per heavy atom. The van der Waals surface area contributed by atoms with Gasteiger partial charge in [-0.1, -0.05) is 24.3 Å². The molecule has 2 heterocycles. The molecule has 2 aromatic carbocycles. The third-order valence-corrected chi connectivity index (χ3v) is 5.16. The van der Waals surface area contributed by atoms with Crippen molar-refractivity contribution < 1.29 is 23.5 Å². The van der Waals surface area contributed by atoms with E-state index in [1.165, 1.54) is 6.39 Å². The first-order valence-corrected chi connectivity index (χ1v) is 10.5. The fourth-order valence-corrected chi connectivity index (χ4v) is 3.58. The Labute approximate surface area is 185 Å². The van der Waals surface area contributed by atoms with E-state index < -0.39 is 6.09 Å². The largest absolute Gasteiger partial charge is 0.444 e. The molecule has 2 amide bonds. The molecule has 8 nitrogen and oxygen atoms in total. The van der Waals surface area contributed by atoms with E-state index in [0.717, 1.165) is 28.7 Å². The Bertz CT molecular complexity index is 1070. The van der Waals surface area contributed by atoms with Crippen molar-refractivity contribution in [3.63, 3.8) is 0 Å². The molecule has 32 heavy (non-hydrogen) atoms. The van der Waals surface area contributed by atoms with E-state index in [2.05, 4.69) is 15.6 Å². The number of alkyl carbamates (subject to hydrolysis) is 1. The lowest BCUT2D eigenvalue weighted by Crippen LogP contribution is -2.28. The van der Waals surface area contributed by atoms with Crippen LogP contribution in [0.5, 0.6) is 0 Å². The van der Waals surface area contributed by atoms with Crippen LogP contribution < -0.4 is 10.6 Å². The number of nitrogens with one attached hydrogen (secondary N) is 2. The SMILES string of the molecule is Cc1cc(NC(=O)Cc2cccc(CNC(=O)O[C@H]3CCOC3)c2)ccc1-c1cnco1. The summed E-state index contributed by atoms with van der Waals surface area (Å²) in [6, 6.07) is 13.2. The summed E-state index contributed by atoms with van der Waals surface area (Å²) < 4.78 is 15.8. The highest BCUT2D eigenvalue weighted by Crippen LogP contribution is 2.25. The van der Waals surface area contributed by atoms with Crippen LogP contribution >= 0.6 is 0 Å². The smallest absolute Gasteiger partial charge is 0.407 e. The van der Waals surface area contributed by atoms with Crippen LogP contribution in [0.4, 0.5) is 10.5 Å². The molecule has 0 aliphatic carbocycles.